The SMILES string of the molecule is c1c[nH]c(C2Cc3cccc4c3c2cc2[nH]ccc24)c1. The molecule has 2 nitrogen and oxygen atoms in total. The summed E-state index contributed by atoms with van der Waals surface area (Å²) < 4.78 is 0. The summed E-state index contributed by atoms with van der Waals surface area (Å²) in [5, 5.41) is 4.17. The molecule has 2 heterocycles. The van der Waals surface area contributed by atoms with Crippen LogP contribution in [-0.2, 0) is 6.42 Å². The average Bonchev–Trinajstić information content (AvgIpc) is 3.18. The van der Waals surface area contributed by atoms with Crippen LogP contribution in [0.5, 0.6) is 0 Å². The van der Waals surface area contributed by atoms with Gasteiger partial charge < -0.3 is 9.97 Å². The number of nitrogens with one attached hydrogen (secondary N) is 2. The number of aromatic amines is 2. The number of fused-ring (bicyclic) bond motifs is 2. The topological polar surface area (TPSA) is 31.6 Å². The van der Waals surface area contributed by atoms with Crippen LogP contribution in [0.2, 0.25) is 0 Å². The second-order valence-electron chi connectivity index (χ2n) is 5.63. The van der Waals surface area contributed by atoms with Crippen LogP contribution in [-0.4, -0.2) is 9.97 Å². The molecule has 0 aliphatic heterocycles. The molecule has 2 heteroatoms. The third-order valence-electron chi connectivity index (χ3n) is 4.61. The van der Waals surface area contributed by atoms with E-state index in [2.05, 4.69) is 52.4 Å². The average molecular weight is 258 g/mol. The van der Waals surface area contributed by atoms with Crippen molar-refractivity contribution in [3.8, 4) is 0 Å². The number of benzene rings is 2. The van der Waals surface area contributed by atoms with Crippen molar-refractivity contribution >= 4 is 21.7 Å². The van der Waals surface area contributed by atoms with Gasteiger partial charge >= 0.3 is 0 Å². The molecule has 4 aromatic rings. The third kappa shape index (κ3) is 1.19. The molecule has 2 aromatic heterocycles. The number of hydrogen-bond acceptors (Lipinski definition) is 0. The van der Waals surface area contributed by atoms with Crippen molar-refractivity contribution < 1.29 is 0 Å². The predicted octanol–water partition coefficient (Wildman–Crippen LogP) is 4.34. The van der Waals surface area contributed by atoms with Crippen LogP contribution in [0.3, 0.4) is 0 Å². The lowest BCUT2D eigenvalue weighted by atomic mass is 9.95. The molecule has 0 amide bonds. The first-order chi connectivity index (χ1) is 9.92. The fourth-order valence-electron chi connectivity index (χ4n) is 3.74. The van der Waals surface area contributed by atoms with Crippen molar-refractivity contribution in [3.05, 3.63) is 71.7 Å². The maximum Gasteiger partial charge on any atom is 0.0463 e. The summed E-state index contributed by atoms with van der Waals surface area (Å²) in [6.45, 7) is 0. The van der Waals surface area contributed by atoms with E-state index in [0.717, 1.165) is 6.42 Å². The van der Waals surface area contributed by atoms with Crippen molar-refractivity contribution in [2.24, 2.45) is 0 Å². The molecule has 0 fully saturated rings. The van der Waals surface area contributed by atoms with Crippen molar-refractivity contribution in [1.29, 1.82) is 0 Å². The first-order valence-corrected chi connectivity index (χ1v) is 7.07. The highest BCUT2D eigenvalue weighted by Gasteiger charge is 2.27. The van der Waals surface area contributed by atoms with Gasteiger partial charge in [-0.25, -0.2) is 0 Å². The largest absolute Gasteiger partial charge is 0.364 e. The van der Waals surface area contributed by atoms with Gasteiger partial charge in [0.25, 0.3) is 0 Å². The van der Waals surface area contributed by atoms with Gasteiger partial charge in [-0.3, -0.25) is 0 Å². The molecule has 0 radical (unpaired) electrons. The van der Waals surface area contributed by atoms with E-state index >= 15 is 0 Å². The Bertz CT molecular complexity index is 929. The van der Waals surface area contributed by atoms with Crippen LogP contribution in [0, 0.1) is 0 Å². The van der Waals surface area contributed by atoms with Crippen molar-refractivity contribution in [3.63, 3.8) is 0 Å². The van der Waals surface area contributed by atoms with Crippen LogP contribution >= 0.6 is 0 Å². The van der Waals surface area contributed by atoms with E-state index in [4.69, 9.17) is 0 Å². The standard InChI is InChI=1S/C18H14N2/c1-3-11-9-14(16-5-2-7-19-16)15-10-17-12(6-8-20-17)13(4-1)18(11)15/h1-8,10,14,19-20H,9H2. The smallest absolute Gasteiger partial charge is 0.0463 e. The van der Waals surface area contributed by atoms with Crippen LogP contribution in [0.4, 0.5) is 0 Å². The van der Waals surface area contributed by atoms with Crippen molar-refractivity contribution in [1.82, 2.24) is 9.97 Å². The van der Waals surface area contributed by atoms with E-state index in [1.165, 1.54) is 38.5 Å². The molecule has 0 spiro atoms. The van der Waals surface area contributed by atoms with E-state index < -0.39 is 0 Å². The molecule has 1 atom stereocenters. The van der Waals surface area contributed by atoms with Gasteiger partial charge in [-0.05, 0) is 52.6 Å². The molecule has 5 rings (SSSR count). The lowest BCUT2D eigenvalue weighted by molar-refractivity contribution is 0.819. The second kappa shape index (κ2) is 3.54. The van der Waals surface area contributed by atoms with Crippen LogP contribution < -0.4 is 0 Å². The molecule has 1 unspecified atom stereocenters. The Labute approximate surface area is 116 Å². The monoisotopic (exact) mass is 258 g/mol. The van der Waals surface area contributed by atoms with Crippen LogP contribution in [0.25, 0.3) is 21.7 Å². The lowest BCUT2D eigenvalue weighted by Gasteiger charge is -2.10. The fourth-order valence-corrected chi connectivity index (χ4v) is 3.74. The molecule has 96 valence electrons. The highest BCUT2D eigenvalue weighted by atomic mass is 14.7. The Kier molecular flexibility index (Phi) is 1.83. The predicted molar refractivity (Wildman–Crippen MR) is 82.1 cm³/mol. The molecule has 1 aliphatic carbocycles. The molecule has 0 saturated heterocycles. The lowest BCUT2D eigenvalue weighted by Crippen LogP contribution is -1.98. The molecule has 20 heavy (non-hydrogen) atoms. The summed E-state index contributed by atoms with van der Waals surface area (Å²) in [6, 6.07) is 15.5. The molecule has 0 saturated carbocycles. The molecule has 0 bridgehead atoms. The molecule has 2 aromatic carbocycles. The van der Waals surface area contributed by atoms with Gasteiger partial charge in [0.2, 0.25) is 0 Å². The fraction of sp³-hybridized carbons (Fsp3) is 0.111. The zero-order chi connectivity index (χ0) is 13.1. The van der Waals surface area contributed by atoms with Crippen LogP contribution in [0.1, 0.15) is 22.7 Å². The van der Waals surface area contributed by atoms with E-state index in [1.54, 1.807) is 0 Å². The maximum absolute atomic E-state index is 3.39. The summed E-state index contributed by atoms with van der Waals surface area (Å²) >= 11 is 0. The van der Waals surface area contributed by atoms with E-state index in [-0.39, 0.29) is 0 Å². The van der Waals surface area contributed by atoms with Gasteiger partial charge in [0.1, 0.15) is 0 Å². The summed E-state index contributed by atoms with van der Waals surface area (Å²) in [6.07, 6.45) is 5.15. The first-order valence-electron chi connectivity index (χ1n) is 7.07. The highest BCUT2D eigenvalue weighted by molar-refractivity contribution is 6.10. The molecular weight excluding hydrogens is 244 g/mol. The molecule has 2 N–H and O–H groups in total. The van der Waals surface area contributed by atoms with Gasteiger partial charge in [0.05, 0.1) is 0 Å². The van der Waals surface area contributed by atoms with E-state index in [1.807, 2.05) is 12.4 Å². The number of hydrogen-bond donors (Lipinski definition) is 2. The Morgan fingerprint density at radius 3 is 2.80 bits per heavy atom. The van der Waals surface area contributed by atoms with Crippen LogP contribution in [0.15, 0.2) is 54.9 Å². The number of rotatable bonds is 1. The van der Waals surface area contributed by atoms with E-state index in [9.17, 15) is 0 Å². The zero-order valence-electron chi connectivity index (χ0n) is 11.0. The number of aromatic nitrogens is 2. The summed E-state index contributed by atoms with van der Waals surface area (Å²) in [7, 11) is 0. The highest BCUT2D eigenvalue weighted by Crippen LogP contribution is 2.43. The Hall–Kier alpha value is -2.48. The quantitative estimate of drug-likeness (QED) is 0.509. The van der Waals surface area contributed by atoms with Gasteiger partial charge in [-0.1, -0.05) is 18.2 Å². The third-order valence-corrected chi connectivity index (χ3v) is 4.61. The first kappa shape index (κ1) is 10.3. The van der Waals surface area contributed by atoms with Gasteiger partial charge in [0, 0.05) is 34.9 Å². The number of H-pyrrole nitrogens is 2. The minimum absolute atomic E-state index is 0.456. The Morgan fingerprint density at radius 2 is 1.90 bits per heavy atom. The Morgan fingerprint density at radius 1 is 0.900 bits per heavy atom. The normalized spacial score (nSPS) is 17.3. The summed E-state index contributed by atoms with van der Waals surface area (Å²) in [4.78, 5) is 6.75. The zero-order valence-corrected chi connectivity index (χ0v) is 11.0. The minimum atomic E-state index is 0.456. The van der Waals surface area contributed by atoms with Gasteiger partial charge in [0.15, 0.2) is 0 Å². The van der Waals surface area contributed by atoms with Gasteiger partial charge in [-0.2, -0.15) is 0 Å². The minimum Gasteiger partial charge on any atom is -0.364 e. The summed E-state index contributed by atoms with van der Waals surface area (Å²) in [5.74, 6) is 0.456. The molecular formula is C18H14N2. The van der Waals surface area contributed by atoms with E-state index in [0.29, 0.717) is 5.92 Å². The summed E-state index contributed by atoms with van der Waals surface area (Å²) in [5.41, 5.74) is 5.48. The maximum atomic E-state index is 3.39. The van der Waals surface area contributed by atoms with Crippen molar-refractivity contribution in [2.45, 2.75) is 12.3 Å². The molecule has 1 aliphatic rings. The Balaban J connectivity index is 1.92. The van der Waals surface area contributed by atoms with Crippen molar-refractivity contribution in [2.75, 3.05) is 0 Å². The second-order valence-corrected chi connectivity index (χ2v) is 5.63. The van der Waals surface area contributed by atoms with Gasteiger partial charge in [-0.15, -0.1) is 0 Å².